The Hall–Kier alpha value is -1.30. The van der Waals surface area contributed by atoms with Crippen molar-refractivity contribution in [3.63, 3.8) is 0 Å². The molecule has 0 aromatic carbocycles. The lowest BCUT2D eigenvalue weighted by molar-refractivity contribution is -0.139. The van der Waals surface area contributed by atoms with Crippen molar-refractivity contribution in [3.05, 3.63) is 0 Å². The Kier molecular flexibility index (Phi) is 6.62. The Morgan fingerprint density at radius 2 is 2.00 bits per heavy atom. The molecule has 0 aromatic rings. The minimum atomic E-state index is -0.976. The molecule has 1 aliphatic rings. The molecular weight excluding hydrogens is 246 g/mol. The molecule has 0 spiro atoms. The summed E-state index contributed by atoms with van der Waals surface area (Å²) < 4.78 is 0. The summed E-state index contributed by atoms with van der Waals surface area (Å²) >= 11 is 0. The standard InChI is InChI=1S/C13H25N3O3/c1-3-4-11(12(17)18)15-13(19)14-9-10-5-7-16(2)8-6-10/h10-11H,3-9H2,1-2H3,(H,17,18)(H2,14,15,19)/t11-/m0/s1. The molecule has 2 amide bonds. The van der Waals surface area contributed by atoms with Gasteiger partial charge in [0.1, 0.15) is 6.04 Å². The lowest BCUT2D eigenvalue weighted by Gasteiger charge is -2.29. The van der Waals surface area contributed by atoms with E-state index in [2.05, 4.69) is 22.6 Å². The lowest BCUT2D eigenvalue weighted by Crippen LogP contribution is -2.47. The van der Waals surface area contributed by atoms with Gasteiger partial charge in [-0.2, -0.15) is 0 Å². The van der Waals surface area contributed by atoms with E-state index in [1.165, 1.54) is 0 Å². The number of carboxylic acids is 1. The average Bonchev–Trinajstić information content (AvgIpc) is 2.37. The van der Waals surface area contributed by atoms with Gasteiger partial charge in [0.05, 0.1) is 0 Å². The van der Waals surface area contributed by atoms with E-state index in [4.69, 9.17) is 5.11 Å². The van der Waals surface area contributed by atoms with Gasteiger partial charge < -0.3 is 20.6 Å². The van der Waals surface area contributed by atoms with Crippen LogP contribution in [0.5, 0.6) is 0 Å². The van der Waals surface area contributed by atoms with Crippen LogP contribution in [0, 0.1) is 5.92 Å². The number of nitrogens with one attached hydrogen (secondary N) is 2. The van der Waals surface area contributed by atoms with Gasteiger partial charge >= 0.3 is 12.0 Å². The summed E-state index contributed by atoms with van der Waals surface area (Å²) in [5.74, 6) is -0.479. The summed E-state index contributed by atoms with van der Waals surface area (Å²) in [5, 5.41) is 14.2. The number of piperidine rings is 1. The summed E-state index contributed by atoms with van der Waals surface area (Å²) in [6.07, 6.45) is 3.34. The van der Waals surface area contributed by atoms with Crippen LogP contribution in [0.4, 0.5) is 4.79 Å². The zero-order chi connectivity index (χ0) is 14.3. The molecule has 0 aliphatic carbocycles. The molecule has 0 bridgehead atoms. The Morgan fingerprint density at radius 3 is 2.53 bits per heavy atom. The zero-order valence-corrected chi connectivity index (χ0v) is 11.8. The molecule has 1 saturated heterocycles. The minimum Gasteiger partial charge on any atom is -0.480 e. The van der Waals surface area contributed by atoms with Crippen LogP contribution in [-0.2, 0) is 4.79 Å². The minimum absolute atomic E-state index is 0.375. The molecule has 6 nitrogen and oxygen atoms in total. The Bertz CT molecular complexity index is 302. The van der Waals surface area contributed by atoms with Gasteiger partial charge in [-0.15, -0.1) is 0 Å². The number of carboxylic acid groups (broad SMARTS) is 1. The highest BCUT2D eigenvalue weighted by molar-refractivity contribution is 5.82. The van der Waals surface area contributed by atoms with E-state index >= 15 is 0 Å². The molecule has 1 aliphatic heterocycles. The predicted molar refractivity (Wildman–Crippen MR) is 73.1 cm³/mol. The van der Waals surface area contributed by atoms with Crippen LogP contribution >= 0.6 is 0 Å². The van der Waals surface area contributed by atoms with Gasteiger partial charge in [-0.1, -0.05) is 13.3 Å². The van der Waals surface area contributed by atoms with E-state index in [9.17, 15) is 9.59 Å². The maximum atomic E-state index is 11.6. The quantitative estimate of drug-likeness (QED) is 0.670. The molecule has 0 aromatic heterocycles. The van der Waals surface area contributed by atoms with Crippen molar-refractivity contribution >= 4 is 12.0 Å². The number of hydrogen-bond donors (Lipinski definition) is 3. The van der Waals surface area contributed by atoms with Gasteiger partial charge in [0.15, 0.2) is 0 Å². The second-order valence-electron chi connectivity index (χ2n) is 5.28. The predicted octanol–water partition coefficient (Wildman–Crippen LogP) is 0.881. The third-order valence-corrected chi connectivity index (χ3v) is 3.57. The van der Waals surface area contributed by atoms with E-state index in [-0.39, 0.29) is 6.03 Å². The smallest absolute Gasteiger partial charge is 0.326 e. The van der Waals surface area contributed by atoms with Crippen molar-refractivity contribution in [1.29, 1.82) is 0 Å². The Balaban J connectivity index is 2.24. The molecular formula is C13H25N3O3. The van der Waals surface area contributed by atoms with E-state index in [1.807, 2.05) is 6.92 Å². The normalized spacial score (nSPS) is 18.8. The van der Waals surface area contributed by atoms with Crippen LogP contribution < -0.4 is 10.6 Å². The van der Waals surface area contributed by atoms with Gasteiger partial charge in [-0.25, -0.2) is 9.59 Å². The molecule has 1 rings (SSSR count). The number of carbonyl (C=O) groups is 2. The molecule has 0 radical (unpaired) electrons. The fourth-order valence-electron chi connectivity index (χ4n) is 2.26. The number of nitrogens with zero attached hydrogens (tertiary/aromatic N) is 1. The number of hydrogen-bond acceptors (Lipinski definition) is 3. The van der Waals surface area contributed by atoms with Gasteiger partial charge in [0.2, 0.25) is 0 Å². The SMILES string of the molecule is CCC[C@H](NC(=O)NCC1CCN(C)CC1)C(=O)O. The summed E-state index contributed by atoms with van der Waals surface area (Å²) in [4.78, 5) is 24.8. The number of rotatable bonds is 6. The highest BCUT2D eigenvalue weighted by Crippen LogP contribution is 2.14. The number of likely N-dealkylation sites (tertiary alicyclic amines) is 1. The van der Waals surface area contributed by atoms with Crippen molar-refractivity contribution in [2.75, 3.05) is 26.7 Å². The summed E-state index contributed by atoms with van der Waals surface area (Å²) in [6.45, 7) is 4.63. The van der Waals surface area contributed by atoms with Gasteiger partial charge in [0.25, 0.3) is 0 Å². The van der Waals surface area contributed by atoms with E-state index in [0.717, 1.165) is 32.4 Å². The van der Waals surface area contributed by atoms with Crippen molar-refractivity contribution in [2.24, 2.45) is 5.92 Å². The molecule has 110 valence electrons. The first-order valence-corrected chi connectivity index (χ1v) is 6.98. The largest absolute Gasteiger partial charge is 0.480 e. The van der Waals surface area contributed by atoms with Gasteiger partial charge in [-0.05, 0) is 45.3 Å². The third-order valence-electron chi connectivity index (χ3n) is 3.57. The van der Waals surface area contributed by atoms with Crippen LogP contribution in [0.3, 0.4) is 0 Å². The number of amides is 2. The summed E-state index contributed by atoms with van der Waals surface area (Å²) in [7, 11) is 2.10. The monoisotopic (exact) mass is 271 g/mol. The first-order chi connectivity index (χ1) is 9.02. The molecule has 1 heterocycles. The van der Waals surface area contributed by atoms with Crippen molar-refractivity contribution < 1.29 is 14.7 Å². The van der Waals surface area contributed by atoms with Gasteiger partial charge in [-0.3, -0.25) is 0 Å². The van der Waals surface area contributed by atoms with E-state index < -0.39 is 12.0 Å². The summed E-state index contributed by atoms with van der Waals surface area (Å²) in [5.41, 5.74) is 0. The highest BCUT2D eigenvalue weighted by atomic mass is 16.4. The van der Waals surface area contributed by atoms with Crippen LogP contribution in [0.25, 0.3) is 0 Å². The van der Waals surface area contributed by atoms with E-state index in [1.54, 1.807) is 0 Å². The third kappa shape index (κ3) is 5.92. The van der Waals surface area contributed by atoms with Crippen LogP contribution in [-0.4, -0.2) is 54.7 Å². The molecule has 19 heavy (non-hydrogen) atoms. The van der Waals surface area contributed by atoms with Crippen LogP contribution in [0.15, 0.2) is 0 Å². The van der Waals surface area contributed by atoms with Crippen LogP contribution in [0.1, 0.15) is 32.6 Å². The maximum absolute atomic E-state index is 11.6. The molecule has 1 atom stereocenters. The van der Waals surface area contributed by atoms with Crippen molar-refractivity contribution in [2.45, 2.75) is 38.6 Å². The molecule has 6 heteroatoms. The number of urea groups is 1. The highest BCUT2D eigenvalue weighted by Gasteiger charge is 2.20. The molecule has 0 unspecified atom stereocenters. The molecule has 3 N–H and O–H groups in total. The fourth-order valence-corrected chi connectivity index (χ4v) is 2.26. The second-order valence-corrected chi connectivity index (χ2v) is 5.28. The summed E-state index contributed by atoms with van der Waals surface area (Å²) in [6, 6.07) is -1.16. The van der Waals surface area contributed by atoms with Crippen molar-refractivity contribution in [1.82, 2.24) is 15.5 Å². The van der Waals surface area contributed by atoms with Crippen LogP contribution in [0.2, 0.25) is 0 Å². The van der Waals surface area contributed by atoms with Gasteiger partial charge in [0, 0.05) is 6.54 Å². The zero-order valence-electron chi connectivity index (χ0n) is 11.8. The van der Waals surface area contributed by atoms with E-state index in [0.29, 0.717) is 18.9 Å². The first-order valence-electron chi connectivity index (χ1n) is 6.98. The van der Waals surface area contributed by atoms with Crippen molar-refractivity contribution in [3.8, 4) is 0 Å². The topological polar surface area (TPSA) is 81.7 Å². The molecule has 0 saturated carbocycles. The average molecular weight is 271 g/mol. The maximum Gasteiger partial charge on any atom is 0.326 e. The lowest BCUT2D eigenvalue weighted by atomic mass is 9.97. The number of aliphatic carboxylic acids is 1. The second kappa shape index (κ2) is 7.99. The Labute approximate surface area is 114 Å². The molecule has 1 fully saturated rings. The fraction of sp³-hybridized carbons (Fsp3) is 0.846. The Morgan fingerprint density at radius 1 is 1.37 bits per heavy atom. The first kappa shape index (κ1) is 15.8. The number of carbonyl (C=O) groups excluding carboxylic acids is 1.